The second-order valence-corrected chi connectivity index (χ2v) is 10.6. The Morgan fingerprint density at radius 1 is 1.29 bits per heavy atom. The van der Waals surface area contributed by atoms with Gasteiger partial charge in [0.2, 0.25) is 5.91 Å². The van der Waals surface area contributed by atoms with E-state index in [9.17, 15) is 14.9 Å². The molecule has 1 aliphatic rings. The van der Waals surface area contributed by atoms with Crippen LogP contribution in [0.4, 0.5) is 10.6 Å². The predicted octanol–water partition coefficient (Wildman–Crippen LogP) is 4.00. The zero-order valence-corrected chi connectivity index (χ0v) is 20.9. The van der Waals surface area contributed by atoms with E-state index in [4.69, 9.17) is 9.72 Å². The lowest BCUT2D eigenvalue weighted by Gasteiger charge is -2.24. The number of nitrogens with one attached hydrogen (secondary N) is 2. The Morgan fingerprint density at radius 3 is 2.80 bits per heavy atom. The number of fused-ring (bicyclic) bond motifs is 1. The number of anilines is 1. The zero-order chi connectivity index (χ0) is 25.0. The summed E-state index contributed by atoms with van der Waals surface area (Å²) in [7, 11) is 0. The van der Waals surface area contributed by atoms with E-state index in [1.807, 2.05) is 52.7 Å². The van der Waals surface area contributed by atoms with Gasteiger partial charge in [-0.3, -0.25) is 4.79 Å². The van der Waals surface area contributed by atoms with E-state index in [1.165, 1.54) is 11.3 Å². The number of pyridine rings is 1. The summed E-state index contributed by atoms with van der Waals surface area (Å²) in [6.45, 7) is 6.54. The summed E-state index contributed by atoms with van der Waals surface area (Å²) in [6, 6.07) is 14.8. The maximum Gasteiger partial charge on any atom is 0.408 e. The molecule has 3 heterocycles. The molecule has 2 unspecified atom stereocenters. The van der Waals surface area contributed by atoms with E-state index in [2.05, 4.69) is 16.7 Å². The summed E-state index contributed by atoms with van der Waals surface area (Å²) in [6.07, 6.45) is 0.467. The first kappa shape index (κ1) is 24.5. The standard InChI is InChI=1S/C26H29N5O3S/c1-26(2,3)34-25(33)30-22(14-20-8-6-12-35-20)24(32)28-19-10-11-31(16-19)23-18(15-27)13-17-7-4-5-9-21(17)29-23/h4-9,12-13,19,22H,10-11,14,16H2,1-3H3,(H,28,32)(H,30,33). The number of carbonyl (C=O) groups is 2. The Labute approximate surface area is 208 Å². The van der Waals surface area contributed by atoms with E-state index in [0.29, 0.717) is 37.3 Å². The fourth-order valence-electron chi connectivity index (χ4n) is 4.09. The highest BCUT2D eigenvalue weighted by molar-refractivity contribution is 7.09. The van der Waals surface area contributed by atoms with Crippen molar-refractivity contribution >= 4 is 40.1 Å². The molecule has 0 spiro atoms. The van der Waals surface area contributed by atoms with E-state index in [-0.39, 0.29) is 11.9 Å². The largest absolute Gasteiger partial charge is 0.444 e. The fourth-order valence-corrected chi connectivity index (χ4v) is 4.84. The van der Waals surface area contributed by atoms with Crippen molar-refractivity contribution in [2.24, 2.45) is 0 Å². The molecule has 1 fully saturated rings. The molecule has 2 atom stereocenters. The normalized spacial score (nSPS) is 16.5. The summed E-state index contributed by atoms with van der Waals surface area (Å²) in [5.41, 5.74) is 0.676. The van der Waals surface area contributed by atoms with Crippen molar-refractivity contribution < 1.29 is 14.3 Å². The molecule has 2 aromatic heterocycles. The Balaban J connectivity index is 1.45. The number of ether oxygens (including phenoxy) is 1. The number of aromatic nitrogens is 1. The number of carbonyl (C=O) groups excluding carboxylic acids is 2. The number of alkyl carbamates (subject to hydrolysis) is 1. The van der Waals surface area contributed by atoms with Crippen molar-refractivity contribution in [2.45, 2.75) is 51.3 Å². The Bertz CT molecular complexity index is 1250. The number of thiophene rings is 1. The van der Waals surface area contributed by atoms with Gasteiger partial charge in [0.1, 0.15) is 23.5 Å². The van der Waals surface area contributed by atoms with Gasteiger partial charge in [-0.2, -0.15) is 5.26 Å². The van der Waals surface area contributed by atoms with Crippen LogP contribution in [0.2, 0.25) is 0 Å². The molecule has 0 radical (unpaired) electrons. The molecule has 1 aliphatic heterocycles. The van der Waals surface area contributed by atoms with Gasteiger partial charge in [0.15, 0.2) is 0 Å². The van der Waals surface area contributed by atoms with E-state index in [0.717, 1.165) is 15.8 Å². The lowest BCUT2D eigenvalue weighted by molar-refractivity contribution is -0.123. The zero-order valence-electron chi connectivity index (χ0n) is 20.1. The highest BCUT2D eigenvalue weighted by atomic mass is 32.1. The first-order chi connectivity index (χ1) is 16.7. The maximum absolute atomic E-state index is 13.2. The van der Waals surface area contributed by atoms with Gasteiger partial charge in [-0.25, -0.2) is 9.78 Å². The molecule has 8 nitrogen and oxygen atoms in total. The van der Waals surface area contributed by atoms with E-state index in [1.54, 1.807) is 20.8 Å². The van der Waals surface area contributed by atoms with Gasteiger partial charge in [0, 0.05) is 35.8 Å². The average molecular weight is 492 g/mol. The Hall–Kier alpha value is -3.64. The minimum Gasteiger partial charge on any atom is -0.444 e. The van der Waals surface area contributed by atoms with Crippen LogP contribution in [0.15, 0.2) is 47.8 Å². The van der Waals surface area contributed by atoms with Crippen molar-refractivity contribution in [2.75, 3.05) is 18.0 Å². The highest BCUT2D eigenvalue weighted by Gasteiger charge is 2.31. The summed E-state index contributed by atoms with van der Waals surface area (Å²) in [4.78, 5) is 33.3. The molecule has 35 heavy (non-hydrogen) atoms. The molecule has 2 amide bonds. The third-order valence-electron chi connectivity index (χ3n) is 5.65. The Morgan fingerprint density at radius 2 is 2.09 bits per heavy atom. The fraction of sp³-hybridized carbons (Fsp3) is 0.385. The van der Waals surface area contributed by atoms with Gasteiger partial charge in [0.05, 0.1) is 11.1 Å². The van der Waals surface area contributed by atoms with Crippen molar-refractivity contribution in [1.82, 2.24) is 15.6 Å². The van der Waals surface area contributed by atoms with E-state index < -0.39 is 17.7 Å². The number of nitriles is 1. The molecular weight excluding hydrogens is 462 g/mol. The molecular formula is C26H29N5O3S. The van der Waals surface area contributed by atoms with Crippen LogP contribution in [0, 0.1) is 11.3 Å². The van der Waals surface area contributed by atoms with Crippen LogP contribution in [0.5, 0.6) is 0 Å². The first-order valence-electron chi connectivity index (χ1n) is 11.6. The molecule has 2 N–H and O–H groups in total. The van der Waals surface area contributed by atoms with Gasteiger partial charge in [-0.05, 0) is 50.8 Å². The van der Waals surface area contributed by atoms with Crippen LogP contribution in [0.1, 0.15) is 37.6 Å². The minimum atomic E-state index is -0.758. The van der Waals surface area contributed by atoms with Gasteiger partial charge in [-0.1, -0.05) is 24.3 Å². The number of nitrogens with zero attached hydrogens (tertiary/aromatic N) is 3. The number of amides is 2. The van der Waals surface area contributed by atoms with Crippen LogP contribution in [-0.4, -0.2) is 47.8 Å². The van der Waals surface area contributed by atoms with Crippen molar-refractivity contribution in [3.05, 3.63) is 58.3 Å². The lowest BCUT2D eigenvalue weighted by atomic mass is 10.1. The van der Waals surface area contributed by atoms with Crippen molar-refractivity contribution in [3.63, 3.8) is 0 Å². The summed E-state index contributed by atoms with van der Waals surface area (Å²) >= 11 is 1.54. The van der Waals surface area contributed by atoms with Gasteiger partial charge >= 0.3 is 6.09 Å². The summed E-state index contributed by atoms with van der Waals surface area (Å²) < 4.78 is 5.37. The molecule has 4 rings (SSSR count). The third-order valence-corrected chi connectivity index (χ3v) is 6.55. The number of hydrogen-bond acceptors (Lipinski definition) is 7. The Kier molecular flexibility index (Phi) is 7.22. The molecule has 1 saturated heterocycles. The smallest absolute Gasteiger partial charge is 0.408 e. The molecule has 0 saturated carbocycles. The van der Waals surface area contributed by atoms with Gasteiger partial charge in [0.25, 0.3) is 0 Å². The van der Waals surface area contributed by atoms with Crippen LogP contribution < -0.4 is 15.5 Å². The summed E-state index contributed by atoms with van der Waals surface area (Å²) in [5, 5.41) is 18.3. The number of benzene rings is 1. The average Bonchev–Trinajstić information content (AvgIpc) is 3.48. The van der Waals surface area contributed by atoms with Crippen LogP contribution in [-0.2, 0) is 16.0 Å². The highest BCUT2D eigenvalue weighted by Crippen LogP contribution is 2.26. The topological polar surface area (TPSA) is 107 Å². The number of rotatable bonds is 6. The monoisotopic (exact) mass is 491 g/mol. The quantitative estimate of drug-likeness (QED) is 0.540. The lowest BCUT2D eigenvalue weighted by Crippen LogP contribution is -2.52. The second-order valence-electron chi connectivity index (χ2n) is 9.59. The van der Waals surface area contributed by atoms with Crippen LogP contribution in [0.25, 0.3) is 10.9 Å². The third kappa shape index (κ3) is 6.28. The molecule has 0 aliphatic carbocycles. The summed E-state index contributed by atoms with van der Waals surface area (Å²) in [5.74, 6) is 0.369. The molecule has 0 bridgehead atoms. The first-order valence-corrected chi connectivity index (χ1v) is 12.5. The maximum atomic E-state index is 13.2. The molecule has 182 valence electrons. The van der Waals surface area contributed by atoms with Gasteiger partial charge < -0.3 is 20.3 Å². The van der Waals surface area contributed by atoms with Crippen LogP contribution in [0.3, 0.4) is 0 Å². The van der Waals surface area contributed by atoms with Crippen molar-refractivity contribution in [1.29, 1.82) is 5.26 Å². The SMILES string of the molecule is CC(C)(C)OC(=O)NC(Cc1cccs1)C(=O)NC1CCN(c2nc3ccccc3cc2C#N)C1. The van der Waals surface area contributed by atoms with Crippen LogP contribution >= 0.6 is 11.3 Å². The predicted molar refractivity (Wildman–Crippen MR) is 136 cm³/mol. The second kappa shape index (κ2) is 10.3. The number of para-hydroxylation sites is 1. The van der Waals surface area contributed by atoms with E-state index >= 15 is 0 Å². The van der Waals surface area contributed by atoms with Crippen molar-refractivity contribution in [3.8, 4) is 6.07 Å². The van der Waals surface area contributed by atoms with Gasteiger partial charge in [-0.15, -0.1) is 11.3 Å². The minimum absolute atomic E-state index is 0.131. The number of hydrogen-bond donors (Lipinski definition) is 2. The molecule has 9 heteroatoms. The molecule has 1 aromatic carbocycles. The molecule has 3 aromatic rings.